The molecule has 10 heteroatoms. The first-order valence-electron chi connectivity index (χ1n) is 12.5. The van der Waals surface area contributed by atoms with Crippen molar-refractivity contribution < 1.29 is 19.1 Å². The van der Waals surface area contributed by atoms with Gasteiger partial charge in [-0.15, -0.1) is 10.2 Å². The van der Waals surface area contributed by atoms with E-state index in [1.807, 2.05) is 91.8 Å². The van der Waals surface area contributed by atoms with E-state index in [0.29, 0.717) is 26.4 Å². The number of para-hydroxylation sites is 1. The van der Waals surface area contributed by atoms with Gasteiger partial charge in [0.1, 0.15) is 5.58 Å². The number of aromatic nitrogens is 2. The smallest absolute Gasteiger partial charge is 0.296 e. The van der Waals surface area contributed by atoms with E-state index in [2.05, 4.69) is 10.2 Å². The number of aliphatic hydroxyl groups excluding tert-OH is 1. The Morgan fingerprint density at radius 1 is 1.02 bits per heavy atom. The van der Waals surface area contributed by atoms with Gasteiger partial charge >= 0.3 is 0 Å². The van der Waals surface area contributed by atoms with Crippen LogP contribution in [0.2, 0.25) is 0 Å². The summed E-state index contributed by atoms with van der Waals surface area (Å²) in [6.45, 7) is 0. The van der Waals surface area contributed by atoms with Crippen molar-refractivity contribution in [1.29, 1.82) is 0 Å². The van der Waals surface area contributed by atoms with Crippen molar-refractivity contribution in [1.82, 2.24) is 10.2 Å². The highest BCUT2D eigenvalue weighted by atomic mass is 32.2. The molecule has 1 aliphatic heterocycles. The molecule has 0 saturated heterocycles. The summed E-state index contributed by atoms with van der Waals surface area (Å²) in [5.74, 6) is -1.16. The second-order valence-corrected chi connectivity index (χ2v) is 11.6. The van der Waals surface area contributed by atoms with Gasteiger partial charge in [-0.25, -0.2) is 0 Å². The van der Waals surface area contributed by atoms with E-state index >= 15 is 0 Å². The number of aliphatic hydroxyl groups is 1. The molecule has 0 aliphatic carbocycles. The van der Waals surface area contributed by atoms with E-state index in [9.17, 15) is 14.7 Å². The van der Waals surface area contributed by atoms with Crippen LogP contribution in [0, 0.1) is 0 Å². The molecule has 1 aliphatic rings. The van der Waals surface area contributed by atoms with E-state index in [4.69, 9.17) is 4.42 Å². The molecule has 6 rings (SSSR count). The summed E-state index contributed by atoms with van der Waals surface area (Å²) in [7, 11) is 3.86. The molecule has 0 fully saturated rings. The van der Waals surface area contributed by atoms with Crippen molar-refractivity contribution in [3.63, 3.8) is 0 Å². The zero-order valence-electron chi connectivity index (χ0n) is 21.6. The number of carbonyl (C=O) groups excluding carboxylic acids is 2. The highest BCUT2D eigenvalue weighted by molar-refractivity contribution is 8.00. The fraction of sp³-hybridized carbons (Fsp3) is 0.133. The molecule has 0 saturated carbocycles. The Morgan fingerprint density at radius 3 is 2.48 bits per heavy atom. The minimum Gasteiger partial charge on any atom is -0.503 e. The van der Waals surface area contributed by atoms with Crippen molar-refractivity contribution >= 4 is 56.6 Å². The summed E-state index contributed by atoms with van der Waals surface area (Å²) in [6.07, 6.45) is 0. The second-order valence-electron chi connectivity index (χ2n) is 9.43. The Labute approximate surface area is 238 Å². The molecule has 0 bridgehead atoms. The van der Waals surface area contributed by atoms with Gasteiger partial charge < -0.3 is 14.4 Å². The number of fused-ring (bicyclic) bond motifs is 1. The van der Waals surface area contributed by atoms with Crippen molar-refractivity contribution in [3.05, 3.63) is 113 Å². The molecule has 200 valence electrons. The number of thioether (sulfide) groups is 1. The van der Waals surface area contributed by atoms with E-state index < -0.39 is 23.5 Å². The Balaban J connectivity index is 1.38. The monoisotopic (exact) mass is 568 g/mol. The van der Waals surface area contributed by atoms with Crippen LogP contribution in [-0.2, 0) is 10.5 Å². The number of benzene rings is 3. The number of rotatable bonds is 8. The largest absolute Gasteiger partial charge is 0.503 e. The van der Waals surface area contributed by atoms with Gasteiger partial charge in [0.05, 0.1) is 11.6 Å². The number of Topliss-reactive ketones (excluding diaryl/α,β-unsaturated/α-hetero) is 1. The van der Waals surface area contributed by atoms with Gasteiger partial charge in [0.25, 0.3) is 5.91 Å². The van der Waals surface area contributed by atoms with Gasteiger partial charge in [-0.2, -0.15) is 0 Å². The van der Waals surface area contributed by atoms with Crippen LogP contribution in [-0.4, -0.2) is 41.1 Å². The average Bonchev–Trinajstić information content (AvgIpc) is 3.69. The number of anilines is 2. The minimum atomic E-state index is -0.913. The quantitative estimate of drug-likeness (QED) is 0.130. The van der Waals surface area contributed by atoms with E-state index in [1.165, 1.54) is 28.0 Å². The summed E-state index contributed by atoms with van der Waals surface area (Å²) in [5.41, 5.74) is 3.22. The fourth-order valence-corrected chi connectivity index (χ4v) is 6.43. The Kier molecular flexibility index (Phi) is 6.87. The zero-order chi connectivity index (χ0) is 27.8. The van der Waals surface area contributed by atoms with Crippen molar-refractivity contribution in [3.8, 4) is 0 Å². The van der Waals surface area contributed by atoms with Crippen LogP contribution in [0.15, 0.2) is 105 Å². The van der Waals surface area contributed by atoms with Crippen LogP contribution in [0.1, 0.15) is 27.7 Å². The maximum absolute atomic E-state index is 13.8. The first-order chi connectivity index (χ1) is 19.4. The van der Waals surface area contributed by atoms with Gasteiger partial charge in [-0.05, 0) is 35.4 Å². The third-order valence-electron chi connectivity index (χ3n) is 6.63. The molecular formula is C30H24N4O4S2. The number of hydrogen-bond donors (Lipinski definition) is 1. The lowest BCUT2D eigenvalue weighted by Gasteiger charge is -2.24. The van der Waals surface area contributed by atoms with E-state index in [1.54, 1.807) is 12.1 Å². The molecule has 3 aromatic carbocycles. The molecule has 3 heterocycles. The Bertz CT molecular complexity index is 1710. The van der Waals surface area contributed by atoms with Gasteiger partial charge in [0.2, 0.25) is 10.9 Å². The first kappa shape index (κ1) is 25.8. The summed E-state index contributed by atoms with van der Waals surface area (Å²) >= 11 is 2.75. The number of ketones is 1. The predicted octanol–water partition coefficient (Wildman–Crippen LogP) is 6.43. The summed E-state index contributed by atoms with van der Waals surface area (Å²) in [4.78, 5) is 30.7. The zero-order valence-corrected chi connectivity index (χ0v) is 23.3. The molecule has 2 aromatic heterocycles. The number of nitrogens with zero attached hydrogens (tertiary/aromatic N) is 4. The van der Waals surface area contributed by atoms with E-state index in [0.717, 1.165) is 16.6 Å². The van der Waals surface area contributed by atoms with Gasteiger partial charge in [0, 0.05) is 30.9 Å². The molecule has 1 N–H and O–H groups in total. The molecule has 40 heavy (non-hydrogen) atoms. The highest BCUT2D eigenvalue weighted by Crippen LogP contribution is 2.44. The molecule has 1 amide bonds. The van der Waals surface area contributed by atoms with Crippen LogP contribution in [0.25, 0.3) is 11.0 Å². The lowest BCUT2D eigenvalue weighted by atomic mass is 9.95. The third-order valence-corrected chi connectivity index (χ3v) is 8.76. The Morgan fingerprint density at radius 2 is 1.75 bits per heavy atom. The van der Waals surface area contributed by atoms with Crippen LogP contribution >= 0.6 is 23.1 Å². The van der Waals surface area contributed by atoms with E-state index in [-0.39, 0.29) is 11.3 Å². The number of amides is 1. The molecule has 1 atom stereocenters. The van der Waals surface area contributed by atoms with Gasteiger partial charge in [-0.3, -0.25) is 14.5 Å². The number of carbonyl (C=O) groups is 2. The van der Waals surface area contributed by atoms with Crippen LogP contribution in [0.4, 0.5) is 10.8 Å². The minimum absolute atomic E-state index is 0.0451. The van der Waals surface area contributed by atoms with Crippen molar-refractivity contribution in [2.24, 2.45) is 0 Å². The first-order valence-corrected chi connectivity index (χ1v) is 14.3. The maximum Gasteiger partial charge on any atom is 0.296 e. The summed E-state index contributed by atoms with van der Waals surface area (Å²) in [5, 5.41) is 20.7. The molecule has 0 spiro atoms. The van der Waals surface area contributed by atoms with Crippen molar-refractivity contribution in [2.75, 3.05) is 23.9 Å². The Hall–Kier alpha value is -4.41. The van der Waals surface area contributed by atoms with Gasteiger partial charge in [-0.1, -0.05) is 83.8 Å². The highest BCUT2D eigenvalue weighted by Gasteiger charge is 2.46. The molecule has 5 aromatic rings. The van der Waals surface area contributed by atoms with Crippen molar-refractivity contribution in [2.45, 2.75) is 16.1 Å². The van der Waals surface area contributed by atoms with Crippen LogP contribution in [0.3, 0.4) is 0 Å². The van der Waals surface area contributed by atoms with Crippen LogP contribution < -0.4 is 9.80 Å². The number of furan rings is 1. The lowest BCUT2D eigenvalue weighted by Crippen LogP contribution is -2.31. The SMILES string of the molecule is CN(C)c1ccc([C@H]2C(C(=O)c3cc4ccccc4o3)=C(O)C(=O)N2c2nnc(SCc3ccccc3)s2)cc1. The molecule has 0 unspecified atom stereocenters. The normalized spacial score (nSPS) is 15.3. The molecular weight excluding hydrogens is 544 g/mol. The lowest BCUT2D eigenvalue weighted by molar-refractivity contribution is -0.117. The number of hydrogen-bond acceptors (Lipinski definition) is 9. The van der Waals surface area contributed by atoms with Gasteiger partial charge in [0.15, 0.2) is 15.9 Å². The fourth-order valence-electron chi connectivity index (χ4n) is 4.61. The predicted molar refractivity (Wildman–Crippen MR) is 157 cm³/mol. The standard InChI is InChI=1S/C30H24N4O4S2/c1-33(2)21-14-12-19(13-15-21)25-24(26(35)23-16-20-10-6-7-11-22(20)38-23)27(36)28(37)34(25)29-31-32-30(40-29)39-17-18-8-4-3-5-9-18/h3-16,25,36H,17H2,1-2H3/t25-/m0/s1. The topological polar surface area (TPSA) is 99.8 Å². The third kappa shape index (κ3) is 4.76. The molecule has 8 nitrogen and oxygen atoms in total. The van der Waals surface area contributed by atoms with Crippen LogP contribution in [0.5, 0.6) is 0 Å². The second kappa shape index (κ2) is 10.6. The summed E-state index contributed by atoms with van der Waals surface area (Å²) in [6, 6.07) is 25.4. The molecule has 0 radical (unpaired) electrons. The maximum atomic E-state index is 13.8. The summed E-state index contributed by atoms with van der Waals surface area (Å²) < 4.78 is 6.49. The average molecular weight is 569 g/mol.